The third-order valence-electron chi connectivity index (χ3n) is 4.49. The first-order valence-electron chi connectivity index (χ1n) is 7.98. The molecule has 1 saturated heterocycles. The molecule has 1 amide bonds. The van der Waals surface area contributed by atoms with E-state index in [9.17, 15) is 4.79 Å². The van der Waals surface area contributed by atoms with E-state index >= 15 is 0 Å². The number of nitrogens with two attached hydrogens (primary N) is 1. The lowest BCUT2D eigenvalue weighted by Gasteiger charge is -2.35. The van der Waals surface area contributed by atoms with Crippen LogP contribution < -0.4 is 5.73 Å². The molecule has 0 radical (unpaired) electrons. The molecule has 0 spiro atoms. The van der Waals surface area contributed by atoms with Crippen LogP contribution in [-0.4, -0.2) is 36.9 Å². The lowest BCUT2D eigenvalue weighted by molar-refractivity contribution is 0.100. The van der Waals surface area contributed by atoms with Crippen LogP contribution in [0, 0.1) is 0 Å². The molecule has 4 heterocycles. The van der Waals surface area contributed by atoms with Crippen LogP contribution in [0.25, 0.3) is 5.65 Å². The third-order valence-corrected chi connectivity index (χ3v) is 5.26. The molecule has 0 bridgehead atoms. The molecule has 1 unspecified atom stereocenters. The molecule has 1 aliphatic rings. The summed E-state index contributed by atoms with van der Waals surface area (Å²) in [6.07, 6.45) is 8.59. The molecule has 124 valence electrons. The molecule has 0 saturated carbocycles. The van der Waals surface area contributed by atoms with Gasteiger partial charge in [-0.3, -0.25) is 14.7 Å². The van der Waals surface area contributed by atoms with Crippen molar-refractivity contribution in [3.05, 3.63) is 46.3 Å². The van der Waals surface area contributed by atoms with Gasteiger partial charge in [0.2, 0.25) is 0 Å². The van der Waals surface area contributed by atoms with E-state index in [1.54, 1.807) is 22.0 Å². The zero-order valence-electron chi connectivity index (χ0n) is 13.1. The Labute approximate surface area is 143 Å². The van der Waals surface area contributed by atoms with Crippen molar-refractivity contribution in [2.24, 2.45) is 5.73 Å². The quantitative estimate of drug-likeness (QED) is 0.783. The van der Waals surface area contributed by atoms with Crippen molar-refractivity contribution in [1.29, 1.82) is 0 Å². The Kier molecular flexibility index (Phi) is 3.99. The third kappa shape index (κ3) is 2.67. The van der Waals surface area contributed by atoms with Gasteiger partial charge in [-0.25, -0.2) is 9.50 Å². The molecule has 0 aromatic carbocycles. The summed E-state index contributed by atoms with van der Waals surface area (Å²) in [7, 11) is 0. The number of fused-ring (bicyclic) bond motifs is 1. The minimum absolute atomic E-state index is 0.243. The highest BCUT2D eigenvalue weighted by atomic mass is 32.1. The molecule has 3 aromatic rings. The molecule has 3 aromatic heterocycles. The summed E-state index contributed by atoms with van der Waals surface area (Å²) in [4.78, 5) is 23.7. The highest BCUT2D eigenvalue weighted by molar-refractivity contribution is 7.09. The average Bonchev–Trinajstić information content (AvgIpc) is 3.24. The van der Waals surface area contributed by atoms with E-state index in [-0.39, 0.29) is 6.04 Å². The van der Waals surface area contributed by atoms with Crippen LogP contribution in [0.3, 0.4) is 0 Å². The highest BCUT2D eigenvalue weighted by Gasteiger charge is 2.27. The Hall–Kier alpha value is -2.32. The molecule has 1 fully saturated rings. The maximum absolute atomic E-state index is 11.6. The second-order valence-electron chi connectivity index (χ2n) is 5.98. The smallest absolute Gasteiger partial charge is 0.254 e. The van der Waals surface area contributed by atoms with Gasteiger partial charge in [0, 0.05) is 23.8 Å². The van der Waals surface area contributed by atoms with Gasteiger partial charge in [-0.1, -0.05) is 6.42 Å². The Bertz CT molecular complexity index is 859. The zero-order chi connectivity index (χ0) is 16.5. The molecule has 24 heavy (non-hydrogen) atoms. The van der Waals surface area contributed by atoms with Gasteiger partial charge >= 0.3 is 0 Å². The minimum atomic E-state index is -0.500. The zero-order valence-corrected chi connectivity index (χ0v) is 13.9. The van der Waals surface area contributed by atoms with E-state index in [1.165, 1.54) is 23.9 Å². The monoisotopic (exact) mass is 342 g/mol. The molecular formula is C16H18N6OS. The number of hydrogen-bond donors (Lipinski definition) is 1. The van der Waals surface area contributed by atoms with E-state index in [2.05, 4.69) is 20.0 Å². The van der Waals surface area contributed by atoms with Crippen LogP contribution in [0.15, 0.2) is 30.2 Å². The van der Waals surface area contributed by atoms with E-state index < -0.39 is 5.91 Å². The minimum Gasteiger partial charge on any atom is -0.365 e. The number of piperidine rings is 1. The fourth-order valence-electron chi connectivity index (χ4n) is 3.37. The molecule has 8 heteroatoms. The lowest BCUT2D eigenvalue weighted by Crippen LogP contribution is -2.34. The number of primary amides is 1. The average molecular weight is 342 g/mol. The number of carbonyl (C=O) groups is 1. The highest BCUT2D eigenvalue weighted by Crippen LogP contribution is 2.32. The SMILES string of the molecule is NC(=O)c1cnn2c(C3CCCCN3Cc3cncs3)ccnc12. The molecule has 0 aliphatic carbocycles. The van der Waals surface area contributed by atoms with E-state index in [1.807, 2.05) is 17.8 Å². The summed E-state index contributed by atoms with van der Waals surface area (Å²) in [5.41, 5.74) is 9.23. The molecule has 1 aliphatic heterocycles. The Morgan fingerprint density at radius 1 is 1.38 bits per heavy atom. The number of hydrogen-bond acceptors (Lipinski definition) is 6. The normalized spacial score (nSPS) is 18.9. The molecule has 1 atom stereocenters. The van der Waals surface area contributed by atoms with Crippen molar-refractivity contribution >= 4 is 22.9 Å². The van der Waals surface area contributed by atoms with Gasteiger partial charge < -0.3 is 5.73 Å². The van der Waals surface area contributed by atoms with Gasteiger partial charge in [0.05, 0.1) is 23.4 Å². The van der Waals surface area contributed by atoms with E-state index in [0.717, 1.165) is 25.2 Å². The number of carbonyl (C=O) groups excluding carboxylic acids is 1. The van der Waals surface area contributed by atoms with Crippen LogP contribution in [0.2, 0.25) is 0 Å². The summed E-state index contributed by atoms with van der Waals surface area (Å²) in [5, 5.41) is 4.36. The van der Waals surface area contributed by atoms with Crippen LogP contribution in [-0.2, 0) is 6.54 Å². The van der Waals surface area contributed by atoms with Crippen molar-refractivity contribution in [1.82, 2.24) is 24.5 Å². The molecule has 4 rings (SSSR count). The van der Waals surface area contributed by atoms with Crippen LogP contribution in [0.4, 0.5) is 0 Å². The Balaban J connectivity index is 1.72. The first-order valence-corrected chi connectivity index (χ1v) is 8.86. The summed E-state index contributed by atoms with van der Waals surface area (Å²) in [6, 6.07) is 2.23. The maximum Gasteiger partial charge on any atom is 0.254 e. The van der Waals surface area contributed by atoms with Crippen LogP contribution in [0.1, 0.15) is 46.2 Å². The van der Waals surface area contributed by atoms with Gasteiger partial charge in [-0.15, -0.1) is 11.3 Å². The largest absolute Gasteiger partial charge is 0.365 e. The van der Waals surface area contributed by atoms with Crippen molar-refractivity contribution in [3.8, 4) is 0 Å². The predicted molar refractivity (Wildman–Crippen MR) is 90.6 cm³/mol. The number of nitrogens with zero attached hydrogens (tertiary/aromatic N) is 5. The Morgan fingerprint density at radius 2 is 2.29 bits per heavy atom. The molecular weight excluding hydrogens is 324 g/mol. The second kappa shape index (κ2) is 6.29. The number of aromatic nitrogens is 4. The standard InChI is InChI=1S/C16H18N6OS/c17-15(23)12-8-20-22-14(4-5-19-16(12)22)13-3-1-2-6-21(13)9-11-7-18-10-24-11/h4-5,7-8,10,13H,1-3,6,9H2,(H2,17,23). The summed E-state index contributed by atoms with van der Waals surface area (Å²) >= 11 is 1.68. The number of rotatable bonds is 4. The van der Waals surface area contributed by atoms with Gasteiger partial charge in [0.25, 0.3) is 5.91 Å². The van der Waals surface area contributed by atoms with E-state index in [4.69, 9.17) is 5.73 Å². The molecule has 7 nitrogen and oxygen atoms in total. The topological polar surface area (TPSA) is 89.4 Å². The van der Waals surface area contributed by atoms with Crippen molar-refractivity contribution in [2.45, 2.75) is 31.8 Å². The summed E-state index contributed by atoms with van der Waals surface area (Å²) in [5.74, 6) is -0.500. The van der Waals surface area contributed by atoms with Crippen molar-refractivity contribution < 1.29 is 4.79 Å². The van der Waals surface area contributed by atoms with E-state index in [0.29, 0.717) is 11.2 Å². The Morgan fingerprint density at radius 3 is 3.08 bits per heavy atom. The van der Waals surface area contributed by atoms with Gasteiger partial charge in [0.15, 0.2) is 5.65 Å². The lowest BCUT2D eigenvalue weighted by atomic mass is 9.99. The molecule has 2 N–H and O–H groups in total. The fourth-order valence-corrected chi connectivity index (χ4v) is 3.99. The van der Waals surface area contributed by atoms with Gasteiger partial charge in [0.1, 0.15) is 5.56 Å². The summed E-state index contributed by atoms with van der Waals surface area (Å²) < 4.78 is 1.76. The van der Waals surface area contributed by atoms with Gasteiger partial charge in [-0.05, 0) is 25.5 Å². The maximum atomic E-state index is 11.6. The summed E-state index contributed by atoms with van der Waals surface area (Å²) in [6.45, 7) is 1.92. The fraction of sp³-hybridized carbons (Fsp3) is 0.375. The number of amides is 1. The van der Waals surface area contributed by atoms with Crippen LogP contribution in [0.5, 0.6) is 0 Å². The number of likely N-dealkylation sites (tertiary alicyclic amines) is 1. The van der Waals surface area contributed by atoms with Crippen molar-refractivity contribution in [2.75, 3.05) is 6.54 Å². The predicted octanol–water partition coefficient (Wildman–Crippen LogP) is 2.01. The number of thiazole rings is 1. The first kappa shape index (κ1) is 15.2. The second-order valence-corrected chi connectivity index (χ2v) is 6.95. The van der Waals surface area contributed by atoms with Crippen LogP contribution >= 0.6 is 11.3 Å². The van der Waals surface area contributed by atoms with Gasteiger partial charge in [-0.2, -0.15) is 5.10 Å². The van der Waals surface area contributed by atoms with Crippen molar-refractivity contribution in [3.63, 3.8) is 0 Å². The first-order chi connectivity index (χ1) is 11.7.